The Morgan fingerprint density at radius 2 is 0.383 bits per heavy atom. The van der Waals surface area contributed by atoms with Crippen LogP contribution in [0.25, 0.3) is 0 Å². The molecule has 0 saturated carbocycles. The van der Waals surface area contributed by atoms with Crippen LogP contribution in [-0.2, 0) is 13.0 Å². The minimum Gasteiger partial charge on any atom is -0.159 e. The van der Waals surface area contributed by atoms with Crippen LogP contribution in [0.2, 0.25) is 0 Å². The van der Waals surface area contributed by atoms with Crippen molar-refractivity contribution in [1.82, 2.24) is 0 Å². The Kier molecular flexibility index (Phi) is 12.8. The lowest BCUT2D eigenvalue weighted by molar-refractivity contribution is 0.423. The molecule has 0 bridgehead atoms. The summed E-state index contributed by atoms with van der Waals surface area (Å²) in [6, 6.07) is 27.3. The molecule has 6 heteroatoms. The van der Waals surface area contributed by atoms with Crippen molar-refractivity contribution >= 4 is 56.0 Å². The van der Waals surface area contributed by atoms with Crippen LogP contribution in [0.15, 0.2) is 72.8 Å². The number of rotatable bonds is 10. The summed E-state index contributed by atoms with van der Waals surface area (Å²) >= 11 is 0. The molecule has 0 aliphatic heterocycles. The van der Waals surface area contributed by atoms with Crippen molar-refractivity contribution in [2.24, 2.45) is 0 Å². The van der Waals surface area contributed by atoms with Crippen molar-refractivity contribution in [2.75, 3.05) is 0 Å². The van der Waals surface area contributed by atoms with Gasteiger partial charge < -0.3 is 0 Å². The summed E-state index contributed by atoms with van der Waals surface area (Å²) in [5.74, 6) is 0. The molecule has 0 amide bonds. The summed E-state index contributed by atoms with van der Waals surface area (Å²) in [6.07, 6.45) is 0. The monoisotopic (exact) mass is 849 g/mol. The molecule has 0 aliphatic rings. The average molecular weight is 850 g/mol. The van der Waals surface area contributed by atoms with E-state index in [4.69, 9.17) is 8.43 Å². The van der Waals surface area contributed by atoms with E-state index in [0.717, 1.165) is 97.9 Å². The molecule has 0 aliphatic carbocycles. The SMILES string of the molecule is Cc1cc(C)c([Si](O[P+](=O)O[Si](c2c(C)cc(C)cc2C)(c2c(C)cc(C)cc2C)c2c(C)cc(C)cc2C)(c2c(C)cc(C)cc2C)c2c(C)cc(C)cc2C)c(C)c1. The maximum atomic E-state index is 16.4. The Bertz CT molecular complexity index is 2120. The highest BCUT2D eigenvalue weighted by atomic mass is 31.1. The fourth-order valence-corrected chi connectivity index (χ4v) is 25.2. The molecule has 60 heavy (non-hydrogen) atoms. The van der Waals surface area contributed by atoms with Gasteiger partial charge in [0.1, 0.15) is 0 Å². The molecule has 0 spiro atoms. The molecule has 312 valence electrons. The number of hydrogen-bond acceptors (Lipinski definition) is 3. The molecule has 0 radical (unpaired) electrons. The van der Waals surface area contributed by atoms with Gasteiger partial charge in [0.2, 0.25) is 0 Å². The maximum Gasteiger partial charge on any atom is 0.675 e. The zero-order chi connectivity index (χ0) is 44.3. The Hall–Kier alpha value is -4.23. The summed E-state index contributed by atoms with van der Waals surface area (Å²) in [7, 11) is -10.3. The summed E-state index contributed by atoms with van der Waals surface area (Å²) in [6.45, 7) is 39.5. The van der Waals surface area contributed by atoms with Gasteiger partial charge in [0, 0.05) is 4.57 Å². The molecule has 0 aromatic heterocycles. The Labute approximate surface area is 364 Å². The average Bonchev–Trinajstić information content (AvgIpc) is 3.05. The first kappa shape index (κ1) is 45.3. The normalized spacial score (nSPS) is 12.0. The van der Waals surface area contributed by atoms with Crippen LogP contribution < -0.4 is 31.1 Å². The van der Waals surface area contributed by atoms with Crippen molar-refractivity contribution in [3.63, 3.8) is 0 Å². The van der Waals surface area contributed by atoms with Crippen molar-refractivity contribution < 1.29 is 13.0 Å². The van der Waals surface area contributed by atoms with Crippen LogP contribution in [0, 0.1) is 125 Å². The Morgan fingerprint density at radius 1 is 0.267 bits per heavy atom. The molecule has 3 nitrogen and oxygen atoms in total. The van der Waals surface area contributed by atoms with Gasteiger partial charge in [0.05, 0.1) is 0 Å². The second-order valence-electron chi connectivity index (χ2n) is 18.4. The van der Waals surface area contributed by atoms with Gasteiger partial charge in [-0.25, -0.2) is 0 Å². The van der Waals surface area contributed by atoms with Crippen LogP contribution in [0.4, 0.5) is 0 Å². The standard InChI is InChI=1S/C54H66O3PSi2/c1-31-19-37(7)49(38(8)20-31)59(50-39(9)21-32(2)22-40(50)10,51-41(11)23-33(3)24-42(51)12)56-58(55)57-60(52-43(13)25-34(4)26-44(52)14,53-45(15)27-35(5)28-46(53)16)54-47(17)29-36(6)30-48(54)18/h19-30H,1-18H3/q+1. The van der Waals surface area contributed by atoms with E-state index in [1.807, 2.05) is 0 Å². The first-order chi connectivity index (χ1) is 28.0. The lowest BCUT2D eigenvalue weighted by atomic mass is 10.1. The largest absolute Gasteiger partial charge is 0.675 e. The van der Waals surface area contributed by atoms with E-state index in [0.29, 0.717) is 0 Å². The van der Waals surface area contributed by atoms with Gasteiger partial charge in [-0.3, -0.25) is 0 Å². The number of benzene rings is 6. The topological polar surface area (TPSA) is 35.5 Å². The van der Waals surface area contributed by atoms with Gasteiger partial charge in [-0.05, 0) is 223 Å². The zero-order valence-corrected chi connectivity index (χ0v) is 42.5. The van der Waals surface area contributed by atoms with E-state index in [9.17, 15) is 0 Å². The van der Waals surface area contributed by atoms with Gasteiger partial charge in [-0.2, -0.15) is 8.43 Å². The Morgan fingerprint density at radius 3 is 0.500 bits per heavy atom. The van der Waals surface area contributed by atoms with Gasteiger partial charge in [-0.15, -0.1) is 0 Å². The third-order valence-corrected chi connectivity index (χ3v) is 24.9. The maximum absolute atomic E-state index is 16.4. The molecule has 0 atom stereocenters. The van der Waals surface area contributed by atoms with E-state index in [1.54, 1.807) is 0 Å². The van der Waals surface area contributed by atoms with Crippen molar-refractivity contribution in [2.45, 2.75) is 125 Å². The van der Waals surface area contributed by atoms with Crippen LogP contribution >= 0.6 is 8.25 Å². The van der Waals surface area contributed by atoms with Gasteiger partial charge in [0.15, 0.2) is 0 Å². The van der Waals surface area contributed by atoms with Crippen LogP contribution in [0.1, 0.15) is 100 Å². The third kappa shape index (κ3) is 7.89. The van der Waals surface area contributed by atoms with Gasteiger partial charge in [-0.1, -0.05) is 106 Å². The van der Waals surface area contributed by atoms with E-state index in [2.05, 4.69) is 197 Å². The summed E-state index contributed by atoms with van der Waals surface area (Å²) in [5, 5.41) is 6.86. The summed E-state index contributed by atoms with van der Waals surface area (Å²) in [4.78, 5) is 0. The Balaban J connectivity index is 1.83. The molecule has 6 aromatic rings. The highest BCUT2D eigenvalue weighted by Gasteiger charge is 2.60. The lowest BCUT2D eigenvalue weighted by Crippen LogP contribution is -2.74. The molecule has 0 N–H and O–H groups in total. The van der Waals surface area contributed by atoms with Crippen molar-refractivity contribution in [3.05, 3.63) is 173 Å². The molecular weight excluding hydrogens is 784 g/mol. The highest BCUT2D eigenvalue weighted by Crippen LogP contribution is 2.38. The molecule has 0 fully saturated rings. The van der Waals surface area contributed by atoms with E-state index in [-0.39, 0.29) is 0 Å². The first-order valence-electron chi connectivity index (χ1n) is 21.4. The third-order valence-electron chi connectivity index (χ3n) is 12.6. The summed E-state index contributed by atoms with van der Waals surface area (Å²) in [5.41, 5.74) is 20.9. The number of aryl methyl sites for hydroxylation is 18. The molecule has 6 aromatic carbocycles. The van der Waals surface area contributed by atoms with E-state index >= 15 is 4.57 Å². The minimum absolute atomic E-state index is 1.14. The summed E-state index contributed by atoms with van der Waals surface area (Å²) < 4.78 is 32.2. The zero-order valence-electron chi connectivity index (χ0n) is 39.6. The molecule has 0 saturated heterocycles. The van der Waals surface area contributed by atoms with E-state index in [1.165, 1.54) is 33.4 Å². The second-order valence-corrected chi connectivity index (χ2v) is 26.0. The van der Waals surface area contributed by atoms with Crippen LogP contribution in [0.5, 0.6) is 0 Å². The van der Waals surface area contributed by atoms with Crippen molar-refractivity contribution in [3.8, 4) is 0 Å². The van der Waals surface area contributed by atoms with Gasteiger partial charge in [0.25, 0.3) is 0 Å². The quantitative estimate of drug-likeness (QED) is 0.0783. The predicted molar refractivity (Wildman–Crippen MR) is 263 cm³/mol. The predicted octanol–water partition coefficient (Wildman–Crippen LogP) is 10.6. The van der Waals surface area contributed by atoms with Gasteiger partial charge >= 0.3 is 24.9 Å². The molecule has 0 unspecified atom stereocenters. The minimum atomic E-state index is -3.72. The number of hydrogen-bond donors (Lipinski definition) is 0. The second kappa shape index (κ2) is 16.9. The first-order valence-corrected chi connectivity index (χ1v) is 26.3. The lowest BCUT2D eigenvalue weighted by Gasteiger charge is -2.37. The van der Waals surface area contributed by atoms with E-state index < -0.39 is 24.9 Å². The molecule has 6 rings (SSSR count). The smallest absolute Gasteiger partial charge is 0.159 e. The highest BCUT2D eigenvalue weighted by molar-refractivity contribution is 7.42. The molecule has 0 heterocycles. The van der Waals surface area contributed by atoms with Crippen LogP contribution in [0.3, 0.4) is 0 Å². The fraction of sp³-hybridized carbons (Fsp3) is 0.333. The molecular formula is C54H66O3PSi2+. The van der Waals surface area contributed by atoms with Crippen LogP contribution in [-0.4, -0.2) is 16.6 Å². The van der Waals surface area contributed by atoms with Crippen molar-refractivity contribution in [1.29, 1.82) is 0 Å². The fourth-order valence-electron chi connectivity index (χ4n) is 11.7.